The third-order valence-electron chi connectivity index (χ3n) is 7.31. The number of sulfonamides is 2. The average Bonchev–Trinajstić information content (AvgIpc) is 3.09. The fourth-order valence-electron chi connectivity index (χ4n) is 4.38. The molecule has 4 aromatic rings. The number of hydroxylamine groups is 2. The number of rotatable bonds is 12. The van der Waals surface area contributed by atoms with Gasteiger partial charge in [-0.3, -0.25) is 14.4 Å². The van der Waals surface area contributed by atoms with E-state index in [9.17, 15) is 26.4 Å². The zero-order valence-electron chi connectivity index (χ0n) is 28.7. The second-order valence-electron chi connectivity index (χ2n) is 11.2. The van der Waals surface area contributed by atoms with Crippen molar-refractivity contribution in [3.8, 4) is 0 Å². The van der Waals surface area contributed by atoms with Gasteiger partial charge in [-0.25, -0.2) is 32.2 Å². The molecule has 0 unspecified atom stereocenters. The van der Waals surface area contributed by atoms with Crippen LogP contribution in [-0.4, -0.2) is 47.7 Å². The minimum absolute atomic E-state index is 0.000960. The molecule has 0 fully saturated rings. The SMILES string of the molecule is CCCCc1ccc(Br)cc1.CCCCc1ccc(C(=O)c2ccc(Cl)c(S(N)(=O)=O)c2)cc1.CON(C)C(=O)c1ccc(Cl)c(S(N)(=O)=O)c1. The molecule has 0 aliphatic rings. The maximum atomic E-state index is 12.5. The monoisotopic (exact) mass is 841 g/mol. The Bertz CT molecular complexity index is 1990. The Labute approximate surface area is 319 Å². The summed E-state index contributed by atoms with van der Waals surface area (Å²) < 4.78 is 46.6. The number of unbranched alkanes of at least 4 members (excludes halogenated alkanes) is 2. The van der Waals surface area contributed by atoms with E-state index in [-0.39, 0.29) is 36.7 Å². The van der Waals surface area contributed by atoms with Gasteiger partial charge in [0, 0.05) is 28.2 Å². The molecule has 15 heteroatoms. The van der Waals surface area contributed by atoms with Crippen LogP contribution in [0.15, 0.2) is 99.2 Å². The number of nitrogens with two attached hydrogens (primary N) is 2. The van der Waals surface area contributed by atoms with Crippen molar-refractivity contribution in [3.05, 3.63) is 127 Å². The number of primary sulfonamides is 2. The first kappa shape index (κ1) is 44.0. The Morgan fingerprint density at radius 1 is 0.686 bits per heavy atom. The Hall–Kier alpha value is -3.14. The van der Waals surface area contributed by atoms with Crippen LogP contribution in [0.3, 0.4) is 0 Å². The van der Waals surface area contributed by atoms with Crippen LogP contribution < -0.4 is 10.3 Å². The Morgan fingerprint density at radius 3 is 1.49 bits per heavy atom. The third-order valence-corrected chi connectivity index (χ3v) is 10.6. The van der Waals surface area contributed by atoms with E-state index in [2.05, 4.69) is 54.0 Å². The number of ketones is 1. The molecular weight excluding hydrogens is 801 g/mol. The summed E-state index contributed by atoms with van der Waals surface area (Å²) in [5.41, 5.74) is 3.45. The number of carbonyl (C=O) groups is 2. The highest BCUT2D eigenvalue weighted by Crippen LogP contribution is 2.24. The molecule has 0 bridgehead atoms. The summed E-state index contributed by atoms with van der Waals surface area (Å²) in [7, 11) is -5.23. The van der Waals surface area contributed by atoms with Gasteiger partial charge in [0.15, 0.2) is 5.78 Å². The van der Waals surface area contributed by atoms with Gasteiger partial charge in [-0.05, 0) is 85.3 Å². The van der Waals surface area contributed by atoms with Crippen LogP contribution in [0.1, 0.15) is 76.9 Å². The van der Waals surface area contributed by atoms with Gasteiger partial charge < -0.3 is 0 Å². The molecule has 276 valence electrons. The highest BCUT2D eigenvalue weighted by molar-refractivity contribution is 9.10. The molecule has 4 rings (SSSR count). The summed E-state index contributed by atoms with van der Waals surface area (Å²) >= 11 is 14.9. The number of halogens is 3. The van der Waals surface area contributed by atoms with Crippen molar-refractivity contribution >= 4 is 70.9 Å². The molecule has 0 saturated heterocycles. The largest absolute Gasteiger partial charge is 0.289 e. The number of amides is 1. The van der Waals surface area contributed by atoms with E-state index in [1.54, 1.807) is 12.1 Å². The molecule has 0 aliphatic heterocycles. The molecule has 0 spiro atoms. The van der Waals surface area contributed by atoms with Crippen LogP contribution in [-0.2, 0) is 37.7 Å². The number of carbonyl (C=O) groups excluding carboxylic acids is 2. The first-order valence-electron chi connectivity index (χ1n) is 15.8. The lowest BCUT2D eigenvalue weighted by Crippen LogP contribution is -2.25. The molecule has 4 N–H and O–H groups in total. The van der Waals surface area contributed by atoms with Crippen molar-refractivity contribution in [1.82, 2.24) is 5.06 Å². The zero-order valence-corrected chi connectivity index (χ0v) is 33.5. The Kier molecular flexibility index (Phi) is 17.9. The summed E-state index contributed by atoms with van der Waals surface area (Å²) in [6.07, 6.45) is 6.97. The molecule has 0 atom stereocenters. The second kappa shape index (κ2) is 20.8. The summed E-state index contributed by atoms with van der Waals surface area (Å²) in [5.74, 6) is -0.775. The number of nitrogens with zero attached hydrogens (tertiary/aromatic N) is 1. The van der Waals surface area contributed by atoms with E-state index < -0.39 is 26.0 Å². The van der Waals surface area contributed by atoms with Crippen molar-refractivity contribution in [3.63, 3.8) is 0 Å². The molecular formula is C36H42BrCl2N3O7S2. The van der Waals surface area contributed by atoms with E-state index in [1.165, 1.54) is 74.9 Å². The van der Waals surface area contributed by atoms with Crippen molar-refractivity contribution in [2.45, 2.75) is 62.2 Å². The third kappa shape index (κ3) is 14.4. The van der Waals surface area contributed by atoms with E-state index >= 15 is 0 Å². The fraction of sp³-hybridized carbons (Fsp3) is 0.278. The normalized spacial score (nSPS) is 11.1. The predicted molar refractivity (Wildman–Crippen MR) is 206 cm³/mol. The van der Waals surface area contributed by atoms with E-state index in [1.807, 2.05) is 12.1 Å². The molecule has 1 amide bonds. The highest BCUT2D eigenvalue weighted by atomic mass is 79.9. The van der Waals surface area contributed by atoms with Crippen LogP contribution in [0.5, 0.6) is 0 Å². The summed E-state index contributed by atoms with van der Waals surface area (Å²) in [5, 5.41) is 11.0. The summed E-state index contributed by atoms with van der Waals surface area (Å²) in [4.78, 5) is 28.3. The Morgan fingerprint density at radius 2 is 1.08 bits per heavy atom. The lowest BCUT2D eigenvalue weighted by molar-refractivity contribution is -0.0757. The molecule has 10 nitrogen and oxygen atoms in total. The lowest BCUT2D eigenvalue weighted by Gasteiger charge is -2.14. The maximum Gasteiger partial charge on any atom is 0.277 e. The number of hydrogen-bond donors (Lipinski definition) is 2. The molecule has 0 aliphatic carbocycles. The smallest absolute Gasteiger partial charge is 0.277 e. The van der Waals surface area contributed by atoms with E-state index in [4.69, 9.17) is 38.3 Å². The Balaban J connectivity index is 0.000000283. The van der Waals surface area contributed by atoms with Gasteiger partial charge in [-0.15, -0.1) is 0 Å². The van der Waals surface area contributed by atoms with Crippen molar-refractivity contribution in [2.75, 3.05) is 14.2 Å². The van der Waals surface area contributed by atoms with Gasteiger partial charge in [0.25, 0.3) is 5.91 Å². The fourth-order valence-corrected chi connectivity index (χ4v) is 6.79. The lowest BCUT2D eigenvalue weighted by atomic mass is 10.0. The summed E-state index contributed by atoms with van der Waals surface area (Å²) in [6, 6.07) is 23.7. The topological polar surface area (TPSA) is 167 Å². The van der Waals surface area contributed by atoms with Gasteiger partial charge in [0.05, 0.1) is 17.2 Å². The van der Waals surface area contributed by atoms with Gasteiger partial charge >= 0.3 is 0 Å². The maximum absolute atomic E-state index is 12.5. The standard InChI is InChI=1S/C17H18ClNO3S.C10H13Br.C9H11ClN2O4S/c1-2-3-4-12-5-7-13(8-6-12)17(20)14-9-10-15(18)16(11-14)23(19,21)22;1-2-3-4-9-5-7-10(11)8-6-9;1-12(16-2)9(13)6-3-4-7(10)8(5-6)17(11,14)15/h5-11H,2-4H2,1H3,(H2,19,21,22);5-8H,2-4H2,1H3;3-5H,1-2H3,(H2,11,14,15). The van der Waals surface area contributed by atoms with Crippen molar-refractivity contribution in [2.24, 2.45) is 10.3 Å². The molecule has 0 radical (unpaired) electrons. The average molecular weight is 844 g/mol. The minimum atomic E-state index is -3.97. The summed E-state index contributed by atoms with van der Waals surface area (Å²) in [6.45, 7) is 4.35. The molecule has 0 aromatic heterocycles. The minimum Gasteiger partial charge on any atom is -0.289 e. The molecule has 4 aromatic carbocycles. The van der Waals surface area contributed by atoms with Gasteiger partial charge in [-0.1, -0.05) is 102 Å². The molecule has 0 heterocycles. The van der Waals surface area contributed by atoms with Crippen LogP contribution >= 0.6 is 39.1 Å². The number of benzene rings is 4. The quantitative estimate of drug-likeness (QED) is 0.108. The predicted octanol–water partition coefficient (Wildman–Crippen LogP) is 7.97. The van der Waals surface area contributed by atoms with Gasteiger partial charge in [0.1, 0.15) is 9.79 Å². The molecule has 0 saturated carbocycles. The molecule has 51 heavy (non-hydrogen) atoms. The van der Waals surface area contributed by atoms with Crippen LogP contribution in [0.25, 0.3) is 0 Å². The first-order chi connectivity index (χ1) is 23.9. The van der Waals surface area contributed by atoms with E-state index in [0.29, 0.717) is 5.56 Å². The van der Waals surface area contributed by atoms with Gasteiger partial charge in [-0.2, -0.15) is 0 Å². The van der Waals surface area contributed by atoms with Crippen LogP contribution in [0, 0.1) is 0 Å². The number of hydrogen-bond acceptors (Lipinski definition) is 7. The second-order valence-corrected chi connectivity index (χ2v) is 16.0. The van der Waals surface area contributed by atoms with Crippen LogP contribution in [0.4, 0.5) is 0 Å². The van der Waals surface area contributed by atoms with Crippen LogP contribution in [0.2, 0.25) is 10.0 Å². The number of aryl methyl sites for hydroxylation is 2. The first-order valence-corrected chi connectivity index (χ1v) is 20.4. The zero-order chi connectivity index (χ0) is 38.4. The van der Waals surface area contributed by atoms with Crippen molar-refractivity contribution < 1.29 is 31.3 Å². The van der Waals surface area contributed by atoms with Gasteiger partial charge in [0.2, 0.25) is 20.0 Å². The van der Waals surface area contributed by atoms with Crippen molar-refractivity contribution in [1.29, 1.82) is 0 Å². The highest BCUT2D eigenvalue weighted by Gasteiger charge is 2.19. The van der Waals surface area contributed by atoms with E-state index in [0.717, 1.165) is 34.9 Å².